The molecule has 0 saturated heterocycles. The predicted molar refractivity (Wildman–Crippen MR) is 115 cm³/mol. The zero-order valence-electron chi connectivity index (χ0n) is 17.0. The van der Waals surface area contributed by atoms with Gasteiger partial charge in [-0.25, -0.2) is 0 Å². The van der Waals surface area contributed by atoms with Crippen molar-refractivity contribution < 1.29 is 9.53 Å². The van der Waals surface area contributed by atoms with E-state index >= 15 is 0 Å². The second-order valence-corrected chi connectivity index (χ2v) is 7.61. The number of ketones is 1. The summed E-state index contributed by atoms with van der Waals surface area (Å²) in [4.78, 5) is 16.4. The monoisotopic (exact) mass is 386 g/mol. The van der Waals surface area contributed by atoms with Crippen LogP contribution in [-0.2, 0) is 19.4 Å². The number of pyridine rings is 1. The van der Waals surface area contributed by atoms with Crippen molar-refractivity contribution in [3.63, 3.8) is 0 Å². The number of hydrogen-bond acceptors (Lipinski definition) is 4. The van der Waals surface area contributed by atoms with Gasteiger partial charge >= 0.3 is 0 Å². The standard InChI is InChI=1S/C25H26N2O2/c1-17-7-12-27-23(13-17)16-29-25-6-5-20(18(2)28)15-24(25)22-4-3-19-8-10-26-11-9-21(19)14-22/h3-7,12-15,26H,8-11,16H2,1-2H3. The van der Waals surface area contributed by atoms with Crippen molar-refractivity contribution in [3.05, 3.63) is 82.7 Å². The van der Waals surface area contributed by atoms with Crippen LogP contribution in [0.5, 0.6) is 5.75 Å². The third-order valence-corrected chi connectivity index (χ3v) is 5.39. The lowest BCUT2D eigenvalue weighted by atomic mass is 9.94. The molecule has 0 amide bonds. The van der Waals surface area contributed by atoms with Gasteiger partial charge in [-0.2, -0.15) is 0 Å². The molecule has 0 saturated carbocycles. The van der Waals surface area contributed by atoms with Crippen molar-refractivity contribution in [2.45, 2.75) is 33.3 Å². The van der Waals surface area contributed by atoms with Gasteiger partial charge in [-0.05, 0) is 92.4 Å². The summed E-state index contributed by atoms with van der Waals surface area (Å²) >= 11 is 0. The highest BCUT2D eigenvalue weighted by Gasteiger charge is 2.14. The van der Waals surface area contributed by atoms with Crippen LogP contribution in [0.4, 0.5) is 0 Å². The molecule has 2 aromatic carbocycles. The average molecular weight is 386 g/mol. The van der Waals surface area contributed by atoms with Gasteiger partial charge in [-0.1, -0.05) is 18.2 Å². The first-order valence-corrected chi connectivity index (χ1v) is 10.1. The molecule has 3 aromatic rings. The number of aryl methyl sites for hydroxylation is 1. The number of fused-ring (bicyclic) bond motifs is 1. The first-order chi connectivity index (χ1) is 14.1. The summed E-state index contributed by atoms with van der Waals surface area (Å²) in [5.74, 6) is 0.821. The summed E-state index contributed by atoms with van der Waals surface area (Å²) in [5, 5.41) is 3.46. The van der Waals surface area contributed by atoms with Crippen LogP contribution in [0, 0.1) is 6.92 Å². The molecular weight excluding hydrogens is 360 g/mol. The van der Waals surface area contributed by atoms with Crippen LogP contribution < -0.4 is 10.1 Å². The van der Waals surface area contributed by atoms with E-state index in [0.29, 0.717) is 12.2 Å². The molecule has 0 atom stereocenters. The Morgan fingerprint density at radius 1 is 1.03 bits per heavy atom. The summed E-state index contributed by atoms with van der Waals surface area (Å²) in [7, 11) is 0. The highest BCUT2D eigenvalue weighted by molar-refractivity contribution is 5.96. The Balaban J connectivity index is 1.69. The number of hydrogen-bond donors (Lipinski definition) is 1. The summed E-state index contributed by atoms with van der Waals surface area (Å²) in [6, 6.07) is 16.3. The first-order valence-electron chi connectivity index (χ1n) is 10.1. The minimum absolute atomic E-state index is 0.0529. The lowest BCUT2D eigenvalue weighted by Gasteiger charge is -2.15. The summed E-state index contributed by atoms with van der Waals surface area (Å²) in [6.07, 6.45) is 3.86. The Morgan fingerprint density at radius 3 is 2.66 bits per heavy atom. The SMILES string of the molecule is CC(=O)c1ccc(OCc2cc(C)ccn2)c(-c2ccc3c(c2)CCNCC3)c1. The molecule has 0 bridgehead atoms. The van der Waals surface area contributed by atoms with E-state index in [-0.39, 0.29) is 5.78 Å². The Morgan fingerprint density at radius 2 is 1.86 bits per heavy atom. The molecule has 4 nitrogen and oxygen atoms in total. The van der Waals surface area contributed by atoms with E-state index < -0.39 is 0 Å². The summed E-state index contributed by atoms with van der Waals surface area (Å²) < 4.78 is 6.15. The molecule has 0 fully saturated rings. The molecule has 148 valence electrons. The van der Waals surface area contributed by atoms with Crippen LogP contribution in [0.2, 0.25) is 0 Å². The molecule has 1 aliphatic heterocycles. The molecule has 0 radical (unpaired) electrons. The number of nitrogens with zero attached hydrogens (tertiary/aromatic N) is 1. The third kappa shape index (κ3) is 4.54. The maximum absolute atomic E-state index is 12.0. The van der Waals surface area contributed by atoms with Crippen molar-refractivity contribution in [1.29, 1.82) is 0 Å². The number of rotatable bonds is 5. The number of nitrogens with one attached hydrogen (secondary N) is 1. The van der Waals surface area contributed by atoms with Crippen molar-refractivity contribution in [2.75, 3.05) is 13.1 Å². The van der Waals surface area contributed by atoms with E-state index in [4.69, 9.17) is 4.74 Å². The minimum atomic E-state index is 0.0529. The normalized spacial score (nSPS) is 13.4. The summed E-state index contributed by atoms with van der Waals surface area (Å²) in [5.41, 5.74) is 7.54. The fraction of sp³-hybridized carbons (Fsp3) is 0.280. The largest absolute Gasteiger partial charge is 0.487 e. The van der Waals surface area contributed by atoms with Crippen LogP contribution in [0.3, 0.4) is 0 Å². The number of carbonyl (C=O) groups excluding carboxylic acids is 1. The fourth-order valence-corrected chi connectivity index (χ4v) is 3.77. The van der Waals surface area contributed by atoms with Gasteiger partial charge in [-0.15, -0.1) is 0 Å². The zero-order valence-corrected chi connectivity index (χ0v) is 17.0. The number of benzene rings is 2. The van der Waals surface area contributed by atoms with Crippen LogP contribution in [-0.4, -0.2) is 23.9 Å². The highest BCUT2D eigenvalue weighted by atomic mass is 16.5. The number of Topliss-reactive ketones (excluding diaryl/α,β-unsaturated/α-hetero) is 1. The number of aromatic nitrogens is 1. The Hall–Kier alpha value is -2.98. The molecular formula is C25H26N2O2. The van der Waals surface area contributed by atoms with Gasteiger partial charge in [0, 0.05) is 17.3 Å². The maximum atomic E-state index is 12.0. The molecule has 4 heteroatoms. The lowest BCUT2D eigenvalue weighted by molar-refractivity contribution is 0.101. The Labute approximate surface area is 172 Å². The first kappa shape index (κ1) is 19.3. The zero-order chi connectivity index (χ0) is 20.2. The molecule has 1 aromatic heterocycles. The van der Waals surface area contributed by atoms with E-state index in [0.717, 1.165) is 54.1 Å². The second-order valence-electron chi connectivity index (χ2n) is 7.61. The van der Waals surface area contributed by atoms with Crippen molar-refractivity contribution in [2.24, 2.45) is 0 Å². The minimum Gasteiger partial charge on any atom is -0.487 e. The highest BCUT2D eigenvalue weighted by Crippen LogP contribution is 2.33. The lowest BCUT2D eigenvalue weighted by Crippen LogP contribution is -2.16. The molecule has 1 aliphatic rings. The van der Waals surface area contributed by atoms with Gasteiger partial charge in [0.05, 0.1) is 5.69 Å². The van der Waals surface area contributed by atoms with E-state index in [1.807, 2.05) is 37.3 Å². The third-order valence-electron chi connectivity index (χ3n) is 5.39. The molecule has 1 N–H and O–H groups in total. The van der Waals surface area contributed by atoms with E-state index in [9.17, 15) is 4.79 Å². The molecule has 29 heavy (non-hydrogen) atoms. The molecule has 0 unspecified atom stereocenters. The maximum Gasteiger partial charge on any atom is 0.159 e. The fourth-order valence-electron chi connectivity index (χ4n) is 3.77. The Bertz CT molecular complexity index is 1040. The topological polar surface area (TPSA) is 51.2 Å². The van der Waals surface area contributed by atoms with Gasteiger partial charge < -0.3 is 10.1 Å². The molecule has 2 heterocycles. The van der Waals surface area contributed by atoms with E-state index in [1.54, 1.807) is 13.1 Å². The van der Waals surface area contributed by atoms with Gasteiger partial charge in [0.15, 0.2) is 5.78 Å². The predicted octanol–water partition coefficient (Wildman–Crippen LogP) is 4.53. The molecule has 4 rings (SSSR count). The van der Waals surface area contributed by atoms with Crippen LogP contribution in [0.25, 0.3) is 11.1 Å². The molecule has 0 aliphatic carbocycles. The van der Waals surface area contributed by atoms with Crippen LogP contribution in [0.15, 0.2) is 54.7 Å². The van der Waals surface area contributed by atoms with Crippen LogP contribution in [0.1, 0.15) is 39.7 Å². The van der Waals surface area contributed by atoms with Gasteiger partial charge in [0.1, 0.15) is 12.4 Å². The summed E-state index contributed by atoms with van der Waals surface area (Å²) in [6.45, 7) is 6.04. The van der Waals surface area contributed by atoms with Gasteiger partial charge in [-0.3, -0.25) is 9.78 Å². The molecule has 0 spiro atoms. The number of ether oxygens (including phenoxy) is 1. The smallest absolute Gasteiger partial charge is 0.159 e. The second kappa shape index (κ2) is 8.58. The van der Waals surface area contributed by atoms with Crippen LogP contribution >= 0.6 is 0 Å². The van der Waals surface area contributed by atoms with Crippen molar-refractivity contribution >= 4 is 5.78 Å². The average Bonchev–Trinajstić information content (AvgIpc) is 2.97. The van der Waals surface area contributed by atoms with Gasteiger partial charge in [0.25, 0.3) is 0 Å². The Kier molecular flexibility index (Phi) is 5.72. The number of carbonyl (C=O) groups is 1. The van der Waals surface area contributed by atoms with Gasteiger partial charge in [0.2, 0.25) is 0 Å². The van der Waals surface area contributed by atoms with E-state index in [1.165, 1.54) is 11.1 Å². The van der Waals surface area contributed by atoms with E-state index in [2.05, 4.69) is 28.5 Å². The van der Waals surface area contributed by atoms with Crippen molar-refractivity contribution in [3.8, 4) is 16.9 Å². The quantitative estimate of drug-likeness (QED) is 0.655. The van der Waals surface area contributed by atoms with Crippen molar-refractivity contribution in [1.82, 2.24) is 10.3 Å².